The van der Waals surface area contributed by atoms with Gasteiger partial charge in [-0.15, -0.1) is 6.54 Å². The number of aliphatic carboxylic acids is 1. The van der Waals surface area contributed by atoms with Crippen LogP contribution in [-0.4, -0.2) is 34.2 Å². The lowest BCUT2D eigenvalue weighted by molar-refractivity contribution is -0.154. The number of carboxylic acid groups (broad SMARTS) is 1. The molecule has 0 unspecified atom stereocenters. The fourth-order valence-corrected chi connectivity index (χ4v) is 3.36. The van der Waals surface area contributed by atoms with Gasteiger partial charge >= 0.3 is 5.97 Å². The topological polar surface area (TPSA) is 123 Å². The molecule has 0 bridgehead atoms. The van der Waals surface area contributed by atoms with Crippen molar-refractivity contribution in [1.29, 1.82) is 0 Å². The van der Waals surface area contributed by atoms with Gasteiger partial charge in [-0.05, 0) is 63.9 Å². The van der Waals surface area contributed by atoms with Gasteiger partial charge in [0.05, 0.1) is 12.3 Å². The largest absolute Gasteiger partial charge is 0.674 e. The van der Waals surface area contributed by atoms with Gasteiger partial charge in [0.1, 0.15) is 17.1 Å². The van der Waals surface area contributed by atoms with Gasteiger partial charge in [-0.25, -0.2) is 4.98 Å². The number of rotatable bonds is 9. The Bertz CT molecular complexity index is 1130. The molecule has 2 N–H and O–H groups in total. The number of hydrogen-bond acceptors (Lipinski definition) is 6. The van der Waals surface area contributed by atoms with E-state index in [4.69, 9.17) is 29.5 Å². The fraction of sp³-hybridized carbons (Fsp3) is 0.393. The average Bonchev–Trinajstić information content (AvgIpc) is 3.17. The van der Waals surface area contributed by atoms with E-state index in [9.17, 15) is 4.79 Å². The van der Waals surface area contributed by atoms with Gasteiger partial charge in [-0.3, -0.25) is 9.59 Å². The minimum atomic E-state index is -0.833. The third-order valence-corrected chi connectivity index (χ3v) is 4.91. The maximum atomic E-state index is 12.0. The highest BCUT2D eigenvalue weighted by Crippen LogP contribution is 2.23. The van der Waals surface area contributed by atoms with E-state index in [1.807, 2.05) is 76.2 Å². The van der Waals surface area contributed by atoms with Crippen LogP contribution < -0.4 is 4.74 Å². The Kier molecular flexibility index (Phi) is 10.7. The van der Waals surface area contributed by atoms with Crippen LogP contribution in [-0.2, 0) is 33.7 Å². The van der Waals surface area contributed by atoms with Crippen molar-refractivity contribution >= 4 is 11.9 Å². The maximum absolute atomic E-state index is 12.0. The number of carbonyl (C=O) groups is 2. The first kappa shape index (κ1) is 28.6. The number of ether oxygens (including phenoxy) is 2. The number of carbonyl (C=O) groups excluding carboxylic acids is 1. The van der Waals surface area contributed by atoms with Crippen molar-refractivity contribution in [3.05, 3.63) is 76.8 Å². The predicted octanol–water partition coefficient (Wildman–Crippen LogP) is 6.19. The molecule has 0 amide bonds. The standard InChI is InChI=1S/C26H31N2O4.C2H4O2/c1-18-23(28-25(31-18)20-8-6-5-7-9-20)14-15-30-22-12-10-19(21(16-22)17-27)11-13-24(29)32-26(2,3)4;1-2(3)4/h5-10,12,16,27H,11,13-15,17H2,1-4H3;1H3,(H,3,4)/q-1;. The summed E-state index contributed by atoms with van der Waals surface area (Å²) in [5, 5.41) is 7.42. The van der Waals surface area contributed by atoms with Crippen LogP contribution in [0.3, 0.4) is 0 Å². The van der Waals surface area contributed by atoms with Crippen LogP contribution in [0.2, 0.25) is 0 Å². The highest BCUT2D eigenvalue weighted by molar-refractivity contribution is 5.70. The second-order valence-corrected chi connectivity index (χ2v) is 9.20. The minimum Gasteiger partial charge on any atom is -0.674 e. The molecule has 2 aromatic carbocycles. The molecule has 0 saturated carbocycles. The summed E-state index contributed by atoms with van der Waals surface area (Å²) in [4.78, 5) is 25.6. The van der Waals surface area contributed by atoms with Crippen LogP contribution in [0, 0.1) is 6.92 Å². The number of oxazole rings is 1. The maximum Gasteiger partial charge on any atom is 0.306 e. The highest BCUT2D eigenvalue weighted by atomic mass is 16.6. The van der Waals surface area contributed by atoms with E-state index in [2.05, 4.69) is 4.98 Å². The lowest BCUT2D eigenvalue weighted by Gasteiger charge is -2.20. The first-order chi connectivity index (χ1) is 17.0. The molecule has 0 saturated heterocycles. The van der Waals surface area contributed by atoms with Crippen molar-refractivity contribution in [2.24, 2.45) is 0 Å². The lowest BCUT2D eigenvalue weighted by Crippen LogP contribution is -2.24. The number of nitrogens with one attached hydrogen (secondary N) is 1. The molecule has 1 heterocycles. The molecule has 8 nitrogen and oxygen atoms in total. The van der Waals surface area contributed by atoms with E-state index in [1.54, 1.807) is 0 Å². The summed E-state index contributed by atoms with van der Waals surface area (Å²) >= 11 is 0. The second kappa shape index (κ2) is 13.4. The Hall–Kier alpha value is -3.65. The van der Waals surface area contributed by atoms with Crippen LogP contribution in [0.15, 0.2) is 52.9 Å². The Balaban J connectivity index is 0.00000106. The zero-order valence-corrected chi connectivity index (χ0v) is 21.6. The summed E-state index contributed by atoms with van der Waals surface area (Å²) in [5.74, 6) is 1.05. The Labute approximate surface area is 212 Å². The highest BCUT2D eigenvalue weighted by Gasteiger charge is 2.16. The van der Waals surface area contributed by atoms with Crippen molar-refractivity contribution in [3.8, 4) is 17.2 Å². The molecule has 0 spiro atoms. The molecule has 194 valence electrons. The molecule has 8 heteroatoms. The van der Waals surface area contributed by atoms with E-state index < -0.39 is 11.6 Å². The molecule has 3 aromatic rings. The zero-order chi connectivity index (χ0) is 26.7. The summed E-state index contributed by atoms with van der Waals surface area (Å²) < 4.78 is 17.1. The lowest BCUT2D eigenvalue weighted by atomic mass is 10.0. The summed E-state index contributed by atoms with van der Waals surface area (Å²) in [7, 11) is 0. The first-order valence-electron chi connectivity index (χ1n) is 11.8. The van der Waals surface area contributed by atoms with Crippen molar-refractivity contribution in [2.75, 3.05) is 6.61 Å². The normalized spacial score (nSPS) is 10.8. The molecule has 0 aliphatic rings. The number of esters is 1. The molecule has 0 aliphatic carbocycles. The fourth-order valence-electron chi connectivity index (χ4n) is 3.36. The van der Waals surface area contributed by atoms with E-state index >= 15 is 0 Å². The molecule has 36 heavy (non-hydrogen) atoms. The predicted molar refractivity (Wildman–Crippen MR) is 138 cm³/mol. The van der Waals surface area contributed by atoms with Gasteiger partial charge in [-0.2, -0.15) is 0 Å². The van der Waals surface area contributed by atoms with Gasteiger partial charge in [0.2, 0.25) is 5.89 Å². The smallest absolute Gasteiger partial charge is 0.306 e. The molecule has 0 radical (unpaired) electrons. The Morgan fingerprint density at radius 3 is 2.33 bits per heavy atom. The van der Waals surface area contributed by atoms with Gasteiger partial charge in [0.25, 0.3) is 5.97 Å². The van der Waals surface area contributed by atoms with Crippen LogP contribution in [0.1, 0.15) is 56.7 Å². The SMILES string of the molecule is CC(=O)O.Cc1oc(-c2ccccc2)nc1CCOc1ccc(CCC(=O)OC(C)(C)C)c(C[NH-])c1. The molecular formula is C28H35N2O6-. The van der Waals surface area contributed by atoms with Gasteiger partial charge in [0.15, 0.2) is 0 Å². The number of hydrogen-bond donors (Lipinski definition) is 1. The molecule has 0 atom stereocenters. The quantitative estimate of drug-likeness (QED) is 0.351. The molecular weight excluding hydrogens is 460 g/mol. The summed E-state index contributed by atoms with van der Waals surface area (Å²) in [6, 6.07) is 15.5. The monoisotopic (exact) mass is 495 g/mol. The third kappa shape index (κ3) is 9.92. The van der Waals surface area contributed by atoms with Crippen molar-refractivity contribution in [2.45, 2.75) is 66.0 Å². The zero-order valence-electron chi connectivity index (χ0n) is 21.6. The second-order valence-electron chi connectivity index (χ2n) is 9.20. The van der Waals surface area contributed by atoms with E-state index in [-0.39, 0.29) is 12.5 Å². The van der Waals surface area contributed by atoms with Crippen LogP contribution in [0.25, 0.3) is 17.2 Å². The van der Waals surface area contributed by atoms with Crippen LogP contribution in [0.5, 0.6) is 5.75 Å². The average molecular weight is 496 g/mol. The van der Waals surface area contributed by atoms with Gasteiger partial charge in [-0.1, -0.05) is 29.8 Å². The number of aromatic nitrogens is 1. The third-order valence-electron chi connectivity index (χ3n) is 4.91. The van der Waals surface area contributed by atoms with E-state index in [0.717, 1.165) is 35.1 Å². The van der Waals surface area contributed by atoms with Crippen LogP contribution >= 0.6 is 0 Å². The number of aryl methyl sites for hydroxylation is 2. The number of benzene rings is 2. The molecule has 0 aliphatic heterocycles. The van der Waals surface area contributed by atoms with Crippen molar-refractivity contribution in [1.82, 2.24) is 4.98 Å². The van der Waals surface area contributed by atoms with E-state index in [0.29, 0.717) is 37.5 Å². The van der Waals surface area contributed by atoms with E-state index in [1.165, 1.54) is 0 Å². The summed E-state index contributed by atoms with van der Waals surface area (Å²) in [5.41, 5.74) is 11.0. The van der Waals surface area contributed by atoms with Gasteiger partial charge < -0.3 is 24.7 Å². The molecule has 1 aromatic heterocycles. The Morgan fingerprint density at radius 1 is 1.06 bits per heavy atom. The summed E-state index contributed by atoms with van der Waals surface area (Å²) in [6.07, 6.45) is 1.46. The summed E-state index contributed by atoms with van der Waals surface area (Å²) in [6.45, 7) is 9.15. The number of carboxylic acids is 1. The molecule has 0 fully saturated rings. The Morgan fingerprint density at radius 2 is 1.72 bits per heavy atom. The van der Waals surface area contributed by atoms with Gasteiger partial charge in [0, 0.05) is 25.3 Å². The minimum absolute atomic E-state index is 0.129. The van der Waals surface area contributed by atoms with Crippen LogP contribution in [0.4, 0.5) is 0 Å². The molecule has 3 rings (SSSR count). The first-order valence-corrected chi connectivity index (χ1v) is 11.8. The van der Waals surface area contributed by atoms with Crippen molar-refractivity contribution in [3.63, 3.8) is 0 Å². The van der Waals surface area contributed by atoms with Crippen molar-refractivity contribution < 1.29 is 28.6 Å². The number of nitrogens with zero attached hydrogens (tertiary/aromatic N) is 1.